The van der Waals surface area contributed by atoms with Gasteiger partial charge in [-0.15, -0.1) is 5.10 Å². The molecule has 8 heteroatoms. The number of amides is 2. The number of benzene rings is 3. The van der Waals surface area contributed by atoms with Crippen LogP contribution >= 0.6 is 11.8 Å². The SMILES string of the molecule is C/C(=N/N=C1\NC(=O)C[C@@H](C(=O)Nc2ccc(F)cc2)S1)c1cccc2ccccc12. The van der Waals surface area contributed by atoms with E-state index in [1.807, 2.05) is 49.4 Å². The normalized spacial score (nSPS) is 18.1. The number of nitrogens with zero attached hydrogens (tertiary/aromatic N) is 2. The van der Waals surface area contributed by atoms with Crippen molar-refractivity contribution < 1.29 is 14.0 Å². The van der Waals surface area contributed by atoms with Crippen molar-refractivity contribution in [3.05, 3.63) is 78.1 Å². The van der Waals surface area contributed by atoms with Crippen molar-refractivity contribution in [3.63, 3.8) is 0 Å². The zero-order chi connectivity index (χ0) is 21.8. The highest BCUT2D eigenvalue weighted by Crippen LogP contribution is 2.23. The van der Waals surface area contributed by atoms with Crippen LogP contribution in [-0.4, -0.2) is 27.9 Å². The Balaban J connectivity index is 1.51. The Morgan fingerprint density at radius 3 is 2.65 bits per heavy atom. The fourth-order valence-electron chi connectivity index (χ4n) is 3.21. The summed E-state index contributed by atoms with van der Waals surface area (Å²) in [5, 5.41) is 15.6. The van der Waals surface area contributed by atoms with Gasteiger partial charge in [-0.3, -0.25) is 9.59 Å². The van der Waals surface area contributed by atoms with E-state index in [1.165, 1.54) is 24.3 Å². The molecular formula is C23H19FN4O2S. The number of hydrogen-bond donors (Lipinski definition) is 2. The molecule has 0 bridgehead atoms. The molecule has 2 N–H and O–H groups in total. The van der Waals surface area contributed by atoms with Crippen LogP contribution in [0.4, 0.5) is 10.1 Å². The molecule has 0 aliphatic carbocycles. The monoisotopic (exact) mass is 434 g/mol. The molecule has 1 heterocycles. The Morgan fingerprint density at radius 2 is 1.84 bits per heavy atom. The minimum absolute atomic E-state index is 0.0166. The van der Waals surface area contributed by atoms with Crippen LogP contribution in [0, 0.1) is 5.82 Å². The zero-order valence-corrected chi connectivity index (χ0v) is 17.4. The van der Waals surface area contributed by atoms with Crippen molar-refractivity contribution in [3.8, 4) is 0 Å². The number of anilines is 1. The van der Waals surface area contributed by atoms with Gasteiger partial charge in [0, 0.05) is 17.7 Å². The molecular weight excluding hydrogens is 415 g/mol. The molecule has 1 saturated heterocycles. The number of amidine groups is 1. The molecule has 4 rings (SSSR count). The molecule has 1 aliphatic rings. The molecule has 3 aromatic carbocycles. The number of rotatable bonds is 4. The average Bonchev–Trinajstić information content (AvgIpc) is 2.78. The van der Waals surface area contributed by atoms with Gasteiger partial charge in [0.15, 0.2) is 5.17 Å². The van der Waals surface area contributed by atoms with Crippen LogP contribution in [0.1, 0.15) is 18.9 Å². The summed E-state index contributed by atoms with van der Waals surface area (Å²) >= 11 is 1.13. The zero-order valence-electron chi connectivity index (χ0n) is 16.6. The van der Waals surface area contributed by atoms with Gasteiger partial charge in [-0.25, -0.2) is 4.39 Å². The topological polar surface area (TPSA) is 82.9 Å². The Morgan fingerprint density at radius 1 is 1.10 bits per heavy atom. The summed E-state index contributed by atoms with van der Waals surface area (Å²) in [6, 6.07) is 19.4. The van der Waals surface area contributed by atoms with Gasteiger partial charge in [0.2, 0.25) is 11.8 Å². The molecule has 0 spiro atoms. The van der Waals surface area contributed by atoms with Crippen LogP contribution in [0.15, 0.2) is 76.9 Å². The quantitative estimate of drug-likeness (QED) is 0.474. The minimum Gasteiger partial charge on any atom is -0.325 e. The number of halogens is 1. The fourth-order valence-corrected chi connectivity index (χ4v) is 4.14. The van der Waals surface area contributed by atoms with Gasteiger partial charge in [-0.05, 0) is 42.0 Å². The summed E-state index contributed by atoms with van der Waals surface area (Å²) in [5.74, 6) is -1.05. The third-order valence-electron chi connectivity index (χ3n) is 4.75. The predicted octanol–water partition coefficient (Wildman–Crippen LogP) is 4.32. The third kappa shape index (κ3) is 4.97. The van der Waals surface area contributed by atoms with E-state index in [0.29, 0.717) is 11.4 Å². The lowest BCUT2D eigenvalue weighted by atomic mass is 10.0. The van der Waals surface area contributed by atoms with Crippen molar-refractivity contribution in [2.24, 2.45) is 10.2 Å². The van der Waals surface area contributed by atoms with Crippen LogP contribution in [0.5, 0.6) is 0 Å². The van der Waals surface area contributed by atoms with E-state index in [-0.39, 0.29) is 23.4 Å². The van der Waals surface area contributed by atoms with E-state index in [0.717, 1.165) is 28.1 Å². The molecule has 0 unspecified atom stereocenters. The molecule has 0 aromatic heterocycles. The molecule has 1 atom stereocenters. The lowest BCUT2D eigenvalue weighted by molar-refractivity contribution is -0.123. The van der Waals surface area contributed by atoms with Gasteiger partial charge >= 0.3 is 0 Å². The second-order valence-electron chi connectivity index (χ2n) is 6.97. The van der Waals surface area contributed by atoms with E-state index in [2.05, 4.69) is 20.8 Å². The number of nitrogens with one attached hydrogen (secondary N) is 2. The number of carbonyl (C=O) groups is 2. The molecule has 0 saturated carbocycles. The standard InChI is InChI=1S/C23H19FN4O2S/c1-14(18-8-4-6-15-5-2-3-7-19(15)18)27-28-23-26-21(29)13-20(31-23)22(30)25-17-11-9-16(24)10-12-17/h2-12,20H,13H2,1H3,(H,25,30)(H,26,28,29)/b27-14-/t20-/m0/s1. The lowest BCUT2D eigenvalue weighted by Gasteiger charge is -2.21. The first kappa shape index (κ1) is 20.7. The van der Waals surface area contributed by atoms with Crippen molar-refractivity contribution in [2.45, 2.75) is 18.6 Å². The number of fused-ring (bicyclic) bond motifs is 1. The first-order valence-electron chi connectivity index (χ1n) is 9.63. The number of hydrogen-bond acceptors (Lipinski definition) is 5. The first-order valence-corrected chi connectivity index (χ1v) is 10.5. The van der Waals surface area contributed by atoms with E-state index in [9.17, 15) is 14.0 Å². The van der Waals surface area contributed by atoms with Gasteiger partial charge in [-0.1, -0.05) is 54.2 Å². The van der Waals surface area contributed by atoms with Gasteiger partial charge < -0.3 is 10.6 Å². The summed E-state index contributed by atoms with van der Waals surface area (Å²) in [5.41, 5.74) is 2.10. The fraction of sp³-hybridized carbons (Fsp3) is 0.130. The summed E-state index contributed by atoms with van der Waals surface area (Å²) < 4.78 is 13.0. The Labute approximate surface area is 182 Å². The summed E-state index contributed by atoms with van der Waals surface area (Å²) in [6.45, 7) is 1.85. The summed E-state index contributed by atoms with van der Waals surface area (Å²) in [6.07, 6.45) is 0.0166. The molecule has 31 heavy (non-hydrogen) atoms. The molecule has 1 aliphatic heterocycles. The first-order chi connectivity index (χ1) is 15.0. The van der Waals surface area contributed by atoms with Gasteiger partial charge in [0.25, 0.3) is 0 Å². The van der Waals surface area contributed by atoms with Crippen LogP contribution in [0.2, 0.25) is 0 Å². The summed E-state index contributed by atoms with van der Waals surface area (Å²) in [7, 11) is 0. The Kier molecular flexibility index (Phi) is 6.08. The Hall–Kier alpha value is -3.52. The maximum Gasteiger partial charge on any atom is 0.238 e. The second kappa shape index (κ2) is 9.09. The molecule has 6 nitrogen and oxygen atoms in total. The lowest BCUT2D eigenvalue weighted by Crippen LogP contribution is -2.41. The maximum absolute atomic E-state index is 13.0. The molecule has 3 aromatic rings. The van der Waals surface area contributed by atoms with Crippen LogP contribution in [-0.2, 0) is 9.59 Å². The number of thioether (sulfide) groups is 1. The smallest absolute Gasteiger partial charge is 0.238 e. The third-order valence-corrected chi connectivity index (χ3v) is 5.82. The average molecular weight is 434 g/mol. The van der Waals surface area contributed by atoms with Gasteiger partial charge in [0.05, 0.1) is 5.71 Å². The van der Waals surface area contributed by atoms with Crippen molar-refractivity contribution in [1.82, 2.24) is 5.32 Å². The largest absolute Gasteiger partial charge is 0.325 e. The maximum atomic E-state index is 13.0. The Bertz CT molecular complexity index is 1200. The highest BCUT2D eigenvalue weighted by Gasteiger charge is 2.30. The molecule has 2 amide bonds. The van der Waals surface area contributed by atoms with Crippen molar-refractivity contribution >= 4 is 50.9 Å². The van der Waals surface area contributed by atoms with E-state index in [4.69, 9.17) is 0 Å². The van der Waals surface area contributed by atoms with Crippen LogP contribution in [0.25, 0.3) is 10.8 Å². The highest BCUT2D eigenvalue weighted by molar-refractivity contribution is 8.15. The molecule has 1 fully saturated rings. The minimum atomic E-state index is -0.661. The van der Waals surface area contributed by atoms with Crippen LogP contribution in [0.3, 0.4) is 0 Å². The molecule has 156 valence electrons. The second-order valence-corrected chi connectivity index (χ2v) is 8.16. The van der Waals surface area contributed by atoms with Crippen molar-refractivity contribution in [2.75, 3.05) is 5.32 Å². The van der Waals surface area contributed by atoms with E-state index in [1.54, 1.807) is 0 Å². The highest BCUT2D eigenvalue weighted by atomic mass is 32.2. The van der Waals surface area contributed by atoms with Gasteiger partial charge in [0.1, 0.15) is 11.1 Å². The van der Waals surface area contributed by atoms with Gasteiger partial charge in [-0.2, -0.15) is 5.10 Å². The van der Waals surface area contributed by atoms with E-state index < -0.39 is 11.1 Å². The van der Waals surface area contributed by atoms with E-state index >= 15 is 0 Å². The van der Waals surface area contributed by atoms with Crippen LogP contribution < -0.4 is 10.6 Å². The summed E-state index contributed by atoms with van der Waals surface area (Å²) in [4.78, 5) is 24.6. The molecule has 0 radical (unpaired) electrons. The van der Waals surface area contributed by atoms with Crippen molar-refractivity contribution in [1.29, 1.82) is 0 Å². The predicted molar refractivity (Wildman–Crippen MR) is 123 cm³/mol. The number of carbonyl (C=O) groups excluding carboxylic acids is 2.